The van der Waals surface area contributed by atoms with Crippen molar-refractivity contribution in [1.29, 1.82) is 0 Å². The Labute approximate surface area is 150 Å². The first kappa shape index (κ1) is 16.1. The number of rotatable bonds is 3. The molecule has 0 saturated heterocycles. The van der Waals surface area contributed by atoms with Crippen LogP contribution in [0.1, 0.15) is 27.9 Å². The van der Waals surface area contributed by atoms with E-state index in [1.165, 1.54) is 11.3 Å². The molecular weight excluding hydrogens is 334 g/mol. The summed E-state index contributed by atoms with van der Waals surface area (Å²) in [5.41, 5.74) is 3.75. The Bertz CT molecular complexity index is 952. The van der Waals surface area contributed by atoms with E-state index in [4.69, 9.17) is 4.74 Å². The van der Waals surface area contributed by atoms with Crippen molar-refractivity contribution in [2.24, 2.45) is 0 Å². The quantitative estimate of drug-likeness (QED) is 0.768. The summed E-state index contributed by atoms with van der Waals surface area (Å²) in [6.45, 7) is 4.45. The average molecular weight is 353 g/mol. The van der Waals surface area contributed by atoms with Crippen molar-refractivity contribution in [2.75, 3.05) is 17.3 Å². The van der Waals surface area contributed by atoms with Crippen LogP contribution in [-0.2, 0) is 11.3 Å². The lowest BCUT2D eigenvalue weighted by Gasteiger charge is -2.34. The first-order valence-electron chi connectivity index (χ1n) is 8.17. The Morgan fingerprint density at radius 1 is 1.32 bits per heavy atom. The summed E-state index contributed by atoms with van der Waals surface area (Å²) in [5, 5.41) is 4.50. The molecule has 1 aliphatic rings. The maximum absolute atomic E-state index is 13.2. The zero-order chi connectivity index (χ0) is 17.6. The monoisotopic (exact) mass is 353 g/mol. The van der Waals surface area contributed by atoms with E-state index in [9.17, 15) is 4.79 Å². The van der Waals surface area contributed by atoms with Gasteiger partial charge in [0.25, 0.3) is 5.91 Å². The van der Waals surface area contributed by atoms with Crippen molar-refractivity contribution in [3.05, 3.63) is 52.5 Å². The topological polar surface area (TPSA) is 54.5 Å². The molecule has 3 heterocycles. The van der Waals surface area contributed by atoms with Gasteiger partial charge in [-0.1, -0.05) is 18.2 Å². The molecular formula is C19H19N3O2S. The number of carbonyl (C=O) groups excluding carboxylic acids is 1. The summed E-state index contributed by atoms with van der Waals surface area (Å²) in [7, 11) is 1.68. The van der Waals surface area contributed by atoms with E-state index in [-0.39, 0.29) is 12.1 Å². The minimum atomic E-state index is -0.142. The summed E-state index contributed by atoms with van der Waals surface area (Å²) >= 11 is 1.44. The van der Waals surface area contributed by atoms with E-state index in [2.05, 4.69) is 10.3 Å². The van der Waals surface area contributed by atoms with Gasteiger partial charge in [0, 0.05) is 23.9 Å². The molecule has 0 bridgehead atoms. The highest BCUT2D eigenvalue weighted by atomic mass is 32.1. The third kappa shape index (κ3) is 2.58. The van der Waals surface area contributed by atoms with Crippen molar-refractivity contribution in [3.8, 4) is 0 Å². The maximum atomic E-state index is 13.2. The molecule has 3 aromatic rings. The molecule has 0 fully saturated rings. The van der Waals surface area contributed by atoms with Crippen LogP contribution in [0, 0.1) is 6.92 Å². The molecule has 0 radical (unpaired) electrons. The van der Waals surface area contributed by atoms with Crippen LogP contribution in [0.5, 0.6) is 0 Å². The van der Waals surface area contributed by atoms with Gasteiger partial charge in [-0.25, -0.2) is 4.98 Å². The summed E-state index contributed by atoms with van der Waals surface area (Å²) in [5.74, 6) is 0.0106. The van der Waals surface area contributed by atoms with Crippen molar-refractivity contribution < 1.29 is 9.53 Å². The number of nitrogens with zero attached hydrogens (tertiary/aromatic N) is 2. The van der Waals surface area contributed by atoms with Gasteiger partial charge in [-0.2, -0.15) is 0 Å². The number of para-hydroxylation sites is 1. The molecule has 1 aromatic carbocycles. The van der Waals surface area contributed by atoms with E-state index in [1.54, 1.807) is 12.0 Å². The Morgan fingerprint density at radius 3 is 2.80 bits per heavy atom. The molecule has 25 heavy (non-hydrogen) atoms. The molecule has 0 unspecified atom stereocenters. The largest absolute Gasteiger partial charge is 0.380 e. The summed E-state index contributed by atoms with van der Waals surface area (Å²) in [4.78, 5) is 21.2. The highest BCUT2D eigenvalue weighted by Crippen LogP contribution is 2.42. The number of fused-ring (bicyclic) bond motifs is 3. The maximum Gasteiger partial charge on any atom is 0.272 e. The number of pyridine rings is 1. The molecule has 0 spiro atoms. The van der Waals surface area contributed by atoms with Crippen molar-refractivity contribution in [1.82, 2.24) is 4.98 Å². The van der Waals surface area contributed by atoms with E-state index in [0.29, 0.717) is 11.5 Å². The fraction of sp³-hybridized carbons (Fsp3) is 0.263. The van der Waals surface area contributed by atoms with Gasteiger partial charge in [-0.3, -0.25) is 9.69 Å². The fourth-order valence-corrected chi connectivity index (χ4v) is 4.53. The molecule has 0 aliphatic carbocycles. The van der Waals surface area contributed by atoms with Gasteiger partial charge in [0.05, 0.1) is 12.3 Å². The van der Waals surface area contributed by atoms with Crippen LogP contribution in [0.2, 0.25) is 0 Å². The predicted molar refractivity (Wildman–Crippen MR) is 101 cm³/mol. The number of methoxy groups -OCH3 is 1. The number of ether oxygens (including phenoxy) is 1. The molecule has 1 amide bonds. The number of aromatic nitrogens is 1. The van der Waals surface area contributed by atoms with Crippen molar-refractivity contribution in [3.63, 3.8) is 0 Å². The van der Waals surface area contributed by atoms with Gasteiger partial charge in [-0.15, -0.1) is 11.3 Å². The number of amides is 1. The van der Waals surface area contributed by atoms with Crippen LogP contribution in [0.3, 0.4) is 0 Å². The lowest BCUT2D eigenvalue weighted by Crippen LogP contribution is -2.46. The smallest absolute Gasteiger partial charge is 0.272 e. The second-order valence-corrected chi connectivity index (χ2v) is 7.17. The van der Waals surface area contributed by atoms with Crippen LogP contribution >= 0.6 is 11.3 Å². The number of anilines is 2. The molecule has 5 nitrogen and oxygen atoms in total. The second-order valence-electron chi connectivity index (χ2n) is 6.17. The third-order valence-electron chi connectivity index (χ3n) is 4.36. The average Bonchev–Trinajstić information content (AvgIpc) is 2.94. The highest BCUT2D eigenvalue weighted by molar-refractivity contribution is 7.21. The van der Waals surface area contributed by atoms with Gasteiger partial charge >= 0.3 is 0 Å². The van der Waals surface area contributed by atoms with E-state index in [1.807, 2.05) is 50.2 Å². The molecule has 4 rings (SSSR count). The van der Waals surface area contributed by atoms with Crippen LogP contribution in [0.4, 0.5) is 11.4 Å². The standard InChI is InChI=1S/C19H19N3O2S/c1-11-9-13(10-24-3)15-16-17(25-18(15)20-11)19(23)22(12(2)21-16)14-7-5-4-6-8-14/h4-9,12,21H,10H2,1-3H3/t12-/m0/s1. The zero-order valence-corrected chi connectivity index (χ0v) is 15.2. The molecule has 1 N–H and O–H groups in total. The Morgan fingerprint density at radius 2 is 2.08 bits per heavy atom. The molecule has 0 saturated carbocycles. The Hall–Kier alpha value is -2.44. The Kier molecular flexibility index (Phi) is 3.94. The lowest BCUT2D eigenvalue weighted by molar-refractivity contribution is 0.0981. The van der Waals surface area contributed by atoms with Crippen LogP contribution in [0.25, 0.3) is 10.2 Å². The lowest BCUT2D eigenvalue weighted by atomic mass is 10.1. The number of thiophene rings is 1. The van der Waals surface area contributed by atoms with Crippen molar-refractivity contribution in [2.45, 2.75) is 26.6 Å². The number of nitrogens with one attached hydrogen (secondary N) is 1. The molecule has 128 valence electrons. The molecule has 2 aromatic heterocycles. The highest BCUT2D eigenvalue weighted by Gasteiger charge is 2.34. The number of carbonyl (C=O) groups is 1. The summed E-state index contributed by atoms with van der Waals surface area (Å²) < 4.78 is 5.35. The van der Waals surface area contributed by atoms with Crippen LogP contribution in [0.15, 0.2) is 36.4 Å². The Balaban J connectivity index is 1.89. The van der Waals surface area contributed by atoms with Gasteiger partial charge in [0.2, 0.25) is 0 Å². The minimum absolute atomic E-state index is 0.0106. The number of benzene rings is 1. The van der Waals surface area contributed by atoms with Crippen molar-refractivity contribution >= 4 is 38.8 Å². The van der Waals surface area contributed by atoms with Crippen LogP contribution in [-0.4, -0.2) is 24.2 Å². The van der Waals surface area contributed by atoms with E-state index >= 15 is 0 Å². The summed E-state index contributed by atoms with van der Waals surface area (Å²) in [6, 6.07) is 11.8. The van der Waals surface area contributed by atoms with Gasteiger partial charge in [-0.05, 0) is 37.6 Å². The molecule has 1 atom stereocenters. The first-order chi connectivity index (χ1) is 12.1. The zero-order valence-electron chi connectivity index (χ0n) is 14.4. The number of hydrogen-bond donors (Lipinski definition) is 1. The molecule has 1 aliphatic heterocycles. The number of aryl methyl sites for hydroxylation is 1. The third-order valence-corrected chi connectivity index (χ3v) is 5.43. The molecule has 6 heteroatoms. The second kappa shape index (κ2) is 6.13. The van der Waals surface area contributed by atoms with Gasteiger partial charge < -0.3 is 10.1 Å². The predicted octanol–water partition coefficient (Wildman–Crippen LogP) is 4.17. The SMILES string of the molecule is COCc1cc(C)nc2sc3c(c12)N[C@H](C)N(c1ccccc1)C3=O. The fourth-order valence-electron chi connectivity index (χ4n) is 3.36. The van der Waals surface area contributed by atoms with Crippen LogP contribution < -0.4 is 10.2 Å². The van der Waals surface area contributed by atoms with Gasteiger partial charge in [0.1, 0.15) is 15.9 Å². The normalized spacial score (nSPS) is 16.8. The van der Waals surface area contributed by atoms with E-state index < -0.39 is 0 Å². The van der Waals surface area contributed by atoms with Gasteiger partial charge in [0.15, 0.2) is 0 Å². The first-order valence-corrected chi connectivity index (χ1v) is 8.99. The number of hydrogen-bond acceptors (Lipinski definition) is 5. The summed E-state index contributed by atoms with van der Waals surface area (Å²) in [6.07, 6.45) is -0.142. The minimum Gasteiger partial charge on any atom is -0.380 e. The van der Waals surface area contributed by atoms with E-state index in [0.717, 1.165) is 32.8 Å².